The van der Waals surface area contributed by atoms with Crippen molar-refractivity contribution in [3.05, 3.63) is 59.4 Å². The van der Waals surface area contributed by atoms with Crippen LogP contribution in [0.1, 0.15) is 23.3 Å². The highest BCUT2D eigenvalue weighted by Gasteiger charge is 2.10. The Labute approximate surface area is 161 Å². The number of nitrogens with zero attached hydrogens (tertiary/aromatic N) is 3. The zero-order valence-electron chi connectivity index (χ0n) is 15.0. The molecule has 0 bridgehead atoms. The van der Waals surface area contributed by atoms with Crippen molar-refractivity contribution in [1.29, 1.82) is 5.26 Å². The largest absolute Gasteiger partial charge is 0.360 e. The van der Waals surface area contributed by atoms with Crippen LogP contribution in [-0.2, 0) is 4.79 Å². The van der Waals surface area contributed by atoms with Gasteiger partial charge in [-0.3, -0.25) is 4.79 Å². The number of carbonyl (C=O) groups is 1. The van der Waals surface area contributed by atoms with Crippen LogP contribution in [0.4, 0.5) is 5.82 Å². The Morgan fingerprint density at radius 2 is 2.00 bits per heavy atom. The maximum Gasteiger partial charge on any atom is 0.226 e. The molecule has 0 aliphatic rings. The maximum atomic E-state index is 12.0. The number of amides is 1. The van der Waals surface area contributed by atoms with Gasteiger partial charge in [-0.1, -0.05) is 35.0 Å². The van der Waals surface area contributed by atoms with Gasteiger partial charge in [-0.2, -0.15) is 5.26 Å². The lowest BCUT2D eigenvalue weighted by molar-refractivity contribution is -0.115. The topological polar surface area (TPSA) is 91.8 Å². The van der Waals surface area contributed by atoms with Crippen LogP contribution in [-0.4, -0.2) is 21.8 Å². The molecule has 0 radical (unpaired) electrons. The number of benzene rings is 1. The smallest absolute Gasteiger partial charge is 0.226 e. The monoisotopic (exact) mass is 378 g/mol. The number of aryl methyl sites for hydroxylation is 2. The van der Waals surface area contributed by atoms with Crippen molar-refractivity contribution < 1.29 is 9.32 Å². The quantitative estimate of drug-likeness (QED) is 0.641. The van der Waals surface area contributed by atoms with Gasteiger partial charge in [-0.25, -0.2) is 4.98 Å². The van der Waals surface area contributed by atoms with E-state index in [1.165, 1.54) is 17.3 Å². The first-order valence-corrected chi connectivity index (χ1v) is 9.38. The summed E-state index contributed by atoms with van der Waals surface area (Å²) in [6.45, 7) is 3.79. The number of hydrogen-bond acceptors (Lipinski definition) is 6. The highest BCUT2D eigenvalue weighted by atomic mass is 32.2. The normalized spacial score (nSPS) is 10.4. The van der Waals surface area contributed by atoms with E-state index >= 15 is 0 Å². The number of nitrogens with one attached hydrogen (secondary N) is 1. The lowest BCUT2D eigenvalue weighted by Gasteiger charge is -2.07. The highest BCUT2D eigenvalue weighted by Crippen LogP contribution is 2.26. The van der Waals surface area contributed by atoms with Gasteiger partial charge < -0.3 is 9.84 Å². The molecule has 1 amide bonds. The van der Waals surface area contributed by atoms with Crippen LogP contribution < -0.4 is 5.32 Å². The fraction of sp³-hybridized carbons (Fsp3) is 0.200. The standard InChI is InChI=1S/C20H18N4O2S/c1-13-3-5-15(6-4-13)17-8-7-16(12-21)20(22-17)27-10-9-19(25)23-18-11-14(2)26-24-18/h3-8,11H,9-10H2,1-2H3,(H,23,24,25). The van der Waals surface area contributed by atoms with Gasteiger partial charge in [-0.05, 0) is 26.0 Å². The van der Waals surface area contributed by atoms with Gasteiger partial charge >= 0.3 is 0 Å². The summed E-state index contributed by atoms with van der Waals surface area (Å²) in [5, 5.41) is 16.4. The highest BCUT2D eigenvalue weighted by molar-refractivity contribution is 7.99. The van der Waals surface area contributed by atoms with Crippen LogP contribution >= 0.6 is 11.8 Å². The molecule has 0 saturated carbocycles. The Morgan fingerprint density at radius 3 is 2.67 bits per heavy atom. The molecule has 6 nitrogen and oxygen atoms in total. The molecule has 2 aromatic heterocycles. The predicted octanol–water partition coefficient (Wildman–Crippen LogP) is 4.35. The van der Waals surface area contributed by atoms with Crippen molar-refractivity contribution in [1.82, 2.24) is 10.1 Å². The van der Waals surface area contributed by atoms with Gasteiger partial charge in [0.25, 0.3) is 0 Å². The molecule has 3 aromatic rings. The minimum Gasteiger partial charge on any atom is -0.360 e. The molecule has 0 fully saturated rings. The molecule has 2 heterocycles. The summed E-state index contributed by atoms with van der Waals surface area (Å²) in [6.07, 6.45) is 0.276. The van der Waals surface area contributed by atoms with Crippen LogP contribution in [0.3, 0.4) is 0 Å². The number of pyridine rings is 1. The summed E-state index contributed by atoms with van der Waals surface area (Å²) in [4.78, 5) is 16.6. The van der Waals surface area contributed by atoms with E-state index in [4.69, 9.17) is 4.52 Å². The molecule has 27 heavy (non-hydrogen) atoms. The minimum atomic E-state index is -0.163. The van der Waals surface area contributed by atoms with E-state index in [-0.39, 0.29) is 12.3 Å². The fourth-order valence-electron chi connectivity index (χ4n) is 2.39. The summed E-state index contributed by atoms with van der Waals surface area (Å²) in [6, 6.07) is 15.5. The Hall–Kier alpha value is -3.11. The van der Waals surface area contributed by atoms with Gasteiger partial charge in [0.05, 0.1) is 11.3 Å². The van der Waals surface area contributed by atoms with Crippen molar-refractivity contribution in [2.45, 2.75) is 25.3 Å². The Balaban J connectivity index is 1.64. The number of rotatable bonds is 6. The average Bonchev–Trinajstić information content (AvgIpc) is 3.07. The lowest BCUT2D eigenvalue weighted by Crippen LogP contribution is -2.12. The van der Waals surface area contributed by atoms with Crippen molar-refractivity contribution >= 4 is 23.5 Å². The summed E-state index contributed by atoms with van der Waals surface area (Å²) in [5.41, 5.74) is 3.48. The van der Waals surface area contributed by atoms with E-state index in [9.17, 15) is 10.1 Å². The molecule has 0 unspecified atom stereocenters. The summed E-state index contributed by atoms with van der Waals surface area (Å²) < 4.78 is 4.92. The third-order valence-corrected chi connectivity index (χ3v) is 4.78. The molecular weight excluding hydrogens is 360 g/mol. The predicted molar refractivity (Wildman–Crippen MR) is 104 cm³/mol. The maximum absolute atomic E-state index is 12.0. The second-order valence-corrected chi connectivity index (χ2v) is 7.08. The second-order valence-electron chi connectivity index (χ2n) is 6.00. The molecule has 0 aliphatic carbocycles. The van der Waals surface area contributed by atoms with Gasteiger partial charge in [0.2, 0.25) is 5.91 Å². The third-order valence-electron chi connectivity index (χ3n) is 3.79. The molecule has 136 valence electrons. The first kappa shape index (κ1) is 18.7. The summed E-state index contributed by atoms with van der Waals surface area (Å²) in [5.74, 6) is 1.38. The molecule has 0 spiro atoms. The molecule has 7 heteroatoms. The number of carbonyl (C=O) groups excluding carboxylic acids is 1. The van der Waals surface area contributed by atoms with Crippen molar-refractivity contribution in [3.63, 3.8) is 0 Å². The molecule has 0 saturated heterocycles. The van der Waals surface area contributed by atoms with Gasteiger partial charge in [0.1, 0.15) is 16.9 Å². The van der Waals surface area contributed by atoms with Crippen LogP contribution in [0.2, 0.25) is 0 Å². The van der Waals surface area contributed by atoms with Crippen LogP contribution in [0.15, 0.2) is 52.0 Å². The number of nitriles is 1. The van der Waals surface area contributed by atoms with Gasteiger partial charge in [-0.15, -0.1) is 11.8 Å². The molecular formula is C20H18N4O2S. The third kappa shape index (κ3) is 4.96. The number of thioether (sulfide) groups is 1. The van der Waals surface area contributed by atoms with E-state index in [0.29, 0.717) is 27.9 Å². The minimum absolute atomic E-state index is 0.163. The lowest BCUT2D eigenvalue weighted by atomic mass is 10.1. The zero-order valence-corrected chi connectivity index (χ0v) is 15.8. The molecule has 3 rings (SSSR count). The van der Waals surface area contributed by atoms with Gasteiger partial charge in [0, 0.05) is 23.8 Å². The fourth-order valence-corrected chi connectivity index (χ4v) is 3.30. The first-order valence-electron chi connectivity index (χ1n) is 8.39. The first-order chi connectivity index (χ1) is 13.0. The van der Waals surface area contributed by atoms with Crippen molar-refractivity contribution in [2.24, 2.45) is 0 Å². The molecule has 1 aromatic carbocycles. The SMILES string of the molecule is Cc1ccc(-c2ccc(C#N)c(SCCC(=O)Nc3cc(C)on3)n2)cc1. The molecule has 1 N–H and O–H groups in total. The Bertz CT molecular complexity index is 990. The van der Waals surface area contributed by atoms with E-state index in [1.54, 1.807) is 19.1 Å². The molecule has 0 atom stereocenters. The van der Waals surface area contributed by atoms with E-state index < -0.39 is 0 Å². The summed E-state index contributed by atoms with van der Waals surface area (Å²) >= 11 is 1.39. The van der Waals surface area contributed by atoms with Crippen LogP contribution in [0.25, 0.3) is 11.3 Å². The number of anilines is 1. The van der Waals surface area contributed by atoms with E-state index in [0.717, 1.165) is 11.3 Å². The van der Waals surface area contributed by atoms with Crippen molar-refractivity contribution in [3.8, 4) is 17.3 Å². The van der Waals surface area contributed by atoms with Crippen molar-refractivity contribution in [2.75, 3.05) is 11.1 Å². The van der Waals surface area contributed by atoms with Crippen LogP contribution in [0, 0.1) is 25.2 Å². The summed E-state index contributed by atoms with van der Waals surface area (Å²) in [7, 11) is 0. The number of hydrogen-bond donors (Lipinski definition) is 1. The number of aromatic nitrogens is 2. The Kier molecular flexibility index (Phi) is 5.89. The zero-order chi connectivity index (χ0) is 19.2. The van der Waals surface area contributed by atoms with Crippen LogP contribution in [0.5, 0.6) is 0 Å². The van der Waals surface area contributed by atoms with E-state index in [2.05, 4.69) is 21.5 Å². The second kappa shape index (κ2) is 8.52. The van der Waals surface area contributed by atoms with Gasteiger partial charge in [0.15, 0.2) is 5.82 Å². The molecule has 0 aliphatic heterocycles. The Morgan fingerprint density at radius 1 is 1.22 bits per heavy atom. The van der Waals surface area contributed by atoms with E-state index in [1.807, 2.05) is 37.3 Å². The average molecular weight is 378 g/mol.